The number of nitrogens with one attached hydrogen (secondary N) is 2. The van der Waals surface area contributed by atoms with Crippen molar-refractivity contribution in [2.75, 3.05) is 11.9 Å². The van der Waals surface area contributed by atoms with Crippen LogP contribution in [0.1, 0.15) is 44.2 Å². The van der Waals surface area contributed by atoms with Crippen LogP contribution in [0.4, 0.5) is 14.9 Å². The lowest BCUT2D eigenvalue weighted by Gasteiger charge is -2.25. The number of anilines is 1. The van der Waals surface area contributed by atoms with E-state index in [0.29, 0.717) is 17.2 Å². The van der Waals surface area contributed by atoms with E-state index < -0.39 is 35.7 Å². The van der Waals surface area contributed by atoms with Crippen molar-refractivity contribution < 1.29 is 18.8 Å². The van der Waals surface area contributed by atoms with Gasteiger partial charge in [0.1, 0.15) is 17.9 Å². The number of carbonyl (C=O) groups excluding carboxylic acids is 3. The Labute approximate surface area is 169 Å². The Hall–Kier alpha value is -3.22. The molecule has 2 aromatic rings. The Morgan fingerprint density at radius 1 is 1.17 bits per heavy atom. The van der Waals surface area contributed by atoms with E-state index in [0.717, 1.165) is 10.5 Å². The number of carbonyl (C=O) groups is 3. The summed E-state index contributed by atoms with van der Waals surface area (Å²) in [7, 11) is 0. The van der Waals surface area contributed by atoms with E-state index in [-0.39, 0.29) is 6.42 Å². The van der Waals surface area contributed by atoms with Gasteiger partial charge in [0.25, 0.3) is 5.91 Å². The zero-order chi connectivity index (χ0) is 21.2. The van der Waals surface area contributed by atoms with Gasteiger partial charge in [-0.25, -0.2) is 9.18 Å². The lowest BCUT2D eigenvalue weighted by atomic mass is 9.87. The van der Waals surface area contributed by atoms with Crippen molar-refractivity contribution in [3.63, 3.8) is 0 Å². The molecule has 0 radical (unpaired) electrons. The third kappa shape index (κ3) is 3.99. The Kier molecular flexibility index (Phi) is 5.68. The van der Waals surface area contributed by atoms with Crippen LogP contribution in [0.25, 0.3) is 0 Å². The van der Waals surface area contributed by atoms with Crippen molar-refractivity contribution in [1.82, 2.24) is 10.2 Å². The highest BCUT2D eigenvalue weighted by molar-refractivity contribution is 6.10. The summed E-state index contributed by atoms with van der Waals surface area (Å²) in [5.41, 5.74) is 0.850. The third-order valence-corrected chi connectivity index (χ3v) is 5.18. The summed E-state index contributed by atoms with van der Waals surface area (Å²) in [6.07, 6.45) is 0.276. The van der Waals surface area contributed by atoms with Crippen molar-refractivity contribution in [3.8, 4) is 0 Å². The molecule has 152 valence electrons. The quantitative estimate of drug-likeness (QED) is 0.729. The van der Waals surface area contributed by atoms with E-state index in [1.165, 1.54) is 24.3 Å². The second kappa shape index (κ2) is 8.03. The number of hydrogen-bond donors (Lipinski definition) is 2. The monoisotopic (exact) mass is 397 g/mol. The molecule has 3 rings (SSSR count). The zero-order valence-corrected chi connectivity index (χ0v) is 16.7. The molecule has 1 heterocycles. The van der Waals surface area contributed by atoms with Crippen LogP contribution in [0.15, 0.2) is 48.5 Å². The molecule has 0 saturated carbocycles. The molecule has 0 aromatic heterocycles. The molecule has 6 nitrogen and oxygen atoms in total. The molecule has 7 heteroatoms. The first-order valence-corrected chi connectivity index (χ1v) is 9.57. The van der Waals surface area contributed by atoms with Gasteiger partial charge in [-0.15, -0.1) is 0 Å². The van der Waals surface area contributed by atoms with Gasteiger partial charge in [-0.3, -0.25) is 14.5 Å². The second-order valence-electron chi connectivity index (χ2n) is 7.42. The minimum absolute atomic E-state index is 0.276. The standard InChI is InChI=1S/C22H24FN3O3/c1-4-22(16-8-10-17(23)11-9-16)20(28)26(21(29)25-22)13-19(27)24-18-7-5-6-15(12-18)14(2)3/h5-12,14H,4,13H2,1-3H3,(H,24,27)(H,25,29). The highest BCUT2D eigenvalue weighted by Gasteiger charge is 2.51. The summed E-state index contributed by atoms with van der Waals surface area (Å²) in [4.78, 5) is 38.9. The van der Waals surface area contributed by atoms with Crippen LogP contribution < -0.4 is 10.6 Å². The fourth-order valence-electron chi connectivity index (χ4n) is 3.46. The van der Waals surface area contributed by atoms with Gasteiger partial charge in [0.05, 0.1) is 0 Å². The van der Waals surface area contributed by atoms with E-state index in [1.54, 1.807) is 13.0 Å². The minimum atomic E-state index is -1.30. The number of halogens is 1. The molecule has 0 spiro atoms. The number of amides is 4. The van der Waals surface area contributed by atoms with Gasteiger partial charge in [-0.2, -0.15) is 0 Å². The van der Waals surface area contributed by atoms with Gasteiger partial charge < -0.3 is 10.6 Å². The lowest BCUT2D eigenvalue weighted by Crippen LogP contribution is -2.44. The Morgan fingerprint density at radius 3 is 2.48 bits per heavy atom. The molecule has 2 N–H and O–H groups in total. The summed E-state index contributed by atoms with van der Waals surface area (Å²) in [5.74, 6) is -1.13. The SMILES string of the molecule is CCC1(c2ccc(F)cc2)NC(=O)N(CC(=O)Nc2cccc(C(C)C)c2)C1=O. The molecule has 1 saturated heterocycles. The Morgan fingerprint density at radius 2 is 1.86 bits per heavy atom. The van der Waals surface area contributed by atoms with Crippen LogP contribution in [0.3, 0.4) is 0 Å². The average Bonchev–Trinajstić information content (AvgIpc) is 2.93. The molecule has 2 aromatic carbocycles. The van der Waals surface area contributed by atoms with Crippen LogP contribution in [-0.4, -0.2) is 29.3 Å². The molecule has 1 aliphatic rings. The predicted molar refractivity (Wildman–Crippen MR) is 108 cm³/mol. The van der Waals surface area contributed by atoms with E-state index >= 15 is 0 Å². The molecule has 1 aliphatic heterocycles. The molecule has 1 atom stereocenters. The molecule has 1 fully saturated rings. The van der Waals surface area contributed by atoms with Gasteiger partial charge in [-0.05, 0) is 47.7 Å². The topological polar surface area (TPSA) is 78.5 Å². The molecule has 4 amide bonds. The first-order chi connectivity index (χ1) is 13.8. The van der Waals surface area contributed by atoms with Gasteiger partial charge >= 0.3 is 6.03 Å². The molecule has 29 heavy (non-hydrogen) atoms. The maximum atomic E-state index is 13.3. The first-order valence-electron chi connectivity index (χ1n) is 9.57. The maximum Gasteiger partial charge on any atom is 0.325 e. The number of benzene rings is 2. The van der Waals surface area contributed by atoms with Crippen molar-refractivity contribution in [1.29, 1.82) is 0 Å². The zero-order valence-electron chi connectivity index (χ0n) is 16.7. The average molecular weight is 397 g/mol. The van der Waals surface area contributed by atoms with Crippen molar-refractivity contribution in [2.24, 2.45) is 0 Å². The fraction of sp³-hybridized carbons (Fsp3) is 0.318. The van der Waals surface area contributed by atoms with Crippen LogP contribution in [0.2, 0.25) is 0 Å². The highest BCUT2D eigenvalue weighted by atomic mass is 19.1. The van der Waals surface area contributed by atoms with Crippen LogP contribution >= 0.6 is 0 Å². The van der Waals surface area contributed by atoms with Crippen LogP contribution in [-0.2, 0) is 15.1 Å². The van der Waals surface area contributed by atoms with Crippen LogP contribution in [0.5, 0.6) is 0 Å². The summed E-state index contributed by atoms with van der Waals surface area (Å²) < 4.78 is 13.3. The molecule has 0 bridgehead atoms. The molecule has 0 aliphatic carbocycles. The van der Waals surface area contributed by atoms with E-state index in [1.807, 2.05) is 32.0 Å². The van der Waals surface area contributed by atoms with Crippen molar-refractivity contribution >= 4 is 23.5 Å². The van der Waals surface area contributed by atoms with E-state index in [9.17, 15) is 18.8 Å². The van der Waals surface area contributed by atoms with Gasteiger partial charge in [0.2, 0.25) is 5.91 Å². The van der Waals surface area contributed by atoms with E-state index in [2.05, 4.69) is 10.6 Å². The Balaban J connectivity index is 1.76. The normalized spacial score (nSPS) is 18.9. The highest BCUT2D eigenvalue weighted by Crippen LogP contribution is 2.32. The fourth-order valence-corrected chi connectivity index (χ4v) is 3.46. The summed E-state index contributed by atoms with van der Waals surface area (Å²) >= 11 is 0. The minimum Gasteiger partial charge on any atom is -0.325 e. The van der Waals surface area contributed by atoms with Gasteiger partial charge in [0, 0.05) is 5.69 Å². The third-order valence-electron chi connectivity index (χ3n) is 5.18. The second-order valence-corrected chi connectivity index (χ2v) is 7.42. The molecular weight excluding hydrogens is 373 g/mol. The van der Waals surface area contributed by atoms with Crippen molar-refractivity contribution in [2.45, 2.75) is 38.6 Å². The Bertz CT molecular complexity index is 943. The first kappa shape index (κ1) is 20.5. The summed E-state index contributed by atoms with van der Waals surface area (Å²) in [5, 5.41) is 5.42. The molecular formula is C22H24FN3O3. The predicted octanol–water partition coefficient (Wildman–Crippen LogP) is 3.74. The number of nitrogens with zero attached hydrogens (tertiary/aromatic N) is 1. The summed E-state index contributed by atoms with van der Waals surface area (Å²) in [6.45, 7) is 5.45. The van der Waals surface area contributed by atoms with Crippen molar-refractivity contribution in [3.05, 3.63) is 65.5 Å². The van der Waals surface area contributed by atoms with Gasteiger partial charge in [0.15, 0.2) is 0 Å². The maximum absolute atomic E-state index is 13.3. The lowest BCUT2D eigenvalue weighted by molar-refractivity contribution is -0.134. The number of urea groups is 1. The summed E-state index contributed by atoms with van der Waals surface area (Å²) in [6, 6.07) is 12.2. The molecule has 1 unspecified atom stereocenters. The van der Waals surface area contributed by atoms with E-state index in [4.69, 9.17) is 0 Å². The van der Waals surface area contributed by atoms with Crippen LogP contribution in [0, 0.1) is 5.82 Å². The number of hydrogen-bond acceptors (Lipinski definition) is 3. The smallest absolute Gasteiger partial charge is 0.325 e. The number of imide groups is 1. The van der Waals surface area contributed by atoms with Gasteiger partial charge in [-0.1, -0.05) is 45.0 Å². The number of rotatable bonds is 6. The largest absolute Gasteiger partial charge is 0.325 e.